The maximum Gasteiger partial charge on any atom is 0.0562 e. The number of nitrogens with zero attached hydrogens (tertiary/aromatic N) is 2. The molecular formula is C40H26N2S. The van der Waals surface area contributed by atoms with Gasteiger partial charge in [-0.15, -0.1) is 11.3 Å². The molecule has 0 N–H and O–H groups in total. The molecule has 0 radical (unpaired) electrons. The SMILES string of the molecule is c1ccc(N(c2ccc3cc4c(cc3c2)sc2ccccc24)c2cccc3c2c2ccccc2n3-c2ccccc2)cc1. The van der Waals surface area contributed by atoms with Crippen molar-refractivity contribution in [1.29, 1.82) is 0 Å². The minimum atomic E-state index is 1.13. The highest BCUT2D eigenvalue weighted by molar-refractivity contribution is 7.25. The highest BCUT2D eigenvalue weighted by Gasteiger charge is 2.21. The van der Waals surface area contributed by atoms with Crippen LogP contribution in [0.5, 0.6) is 0 Å². The van der Waals surface area contributed by atoms with E-state index in [1.807, 2.05) is 11.3 Å². The van der Waals surface area contributed by atoms with Crippen LogP contribution in [-0.4, -0.2) is 4.57 Å². The number of anilines is 3. The fourth-order valence-corrected chi connectivity index (χ4v) is 7.78. The first-order chi connectivity index (χ1) is 21.3. The molecule has 0 atom stereocenters. The van der Waals surface area contributed by atoms with Crippen molar-refractivity contribution in [2.45, 2.75) is 0 Å². The third-order valence-electron chi connectivity index (χ3n) is 8.52. The van der Waals surface area contributed by atoms with Crippen LogP contribution in [0, 0.1) is 0 Å². The number of hydrogen-bond donors (Lipinski definition) is 0. The third-order valence-corrected chi connectivity index (χ3v) is 9.66. The van der Waals surface area contributed by atoms with E-state index in [9.17, 15) is 0 Å². The first kappa shape index (κ1) is 24.2. The van der Waals surface area contributed by atoms with Crippen LogP contribution in [0.1, 0.15) is 0 Å². The standard InChI is InChI=1S/C40H26N2S/c1-3-12-29(13-4-1)41(31-23-22-27-25-34-32-16-8-10-21-38(32)43-39(34)26-28(27)24-31)36-19-11-20-37-40(36)33-17-7-9-18-35(33)42(37)30-14-5-2-6-15-30/h1-26H. The molecule has 0 amide bonds. The van der Waals surface area contributed by atoms with Crippen molar-refractivity contribution in [3.05, 3.63) is 158 Å². The van der Waals surface area contributed by atoms with Gasteiger partial charge in [-0.1, -0.05) is 84.9 Å². The van der Waals surface area contributed by atoms with Crippen LogP contribution in [-0.2, 0) is 0 Å². The zero-order valence-electron chi connectivity index (χ0n) is 23.3. The summed E-state index contributed by atoms with van der Waals surface area (Å²) in [6.07, 6.45) is 0. The monoisotopic (exact) mass is 566 g/mol. The number of rotatable bonds is 4. The summed E-state index contributed by atoms with van der Waals surface area (Å²) in [5.41, 5.74) is 7.00. The summed E-state index contributed by atoms with van der Waals surface area (Å²) in [6.45, 7) is 0. The summed E-state index contributed by atoms with van der Waals surface area (Å²) in [7, 11) is 0. The fraction of sp³-hybridized carbons (Fsp3) is 0. The number of hydrogen-bond acceptors (Lipinski definition) is 2. The lowest BCUT2D eigenvalue weighted by Crippen LogP contribution is -2.10. The van der Waals surface area contributed by atoms with Gasteiger partial charge in [-0.25, -0.2) is 0 Å². The number of benzene rings is 7. The Kier molecular flexibility index (Phi) is 5.40. The predicted octanol–water partition coefficient (Wildman–Crippen LogP) is 11.8. The van der Waals surface area contributed by atoms with E-state index >= 15 is 0 Å². The maximum absolute atomic E-state index is 2.42. The Hall–Kier alpha value is -5.38. The van der Waals surface area contributed by atoms with Gasteiger partial charge in [-0.05, 0) is 83.6 Å². The summed E-state index contributed by atoms with van der Waals surface area (Å²) < 4.78 is 5.04. The minimum Gasteiger partial charge on any atom is -0.310 e. The molecule has 2 heterocycles. The van der Waals surface area contributed by atoms with Crippen LogP contribution in [0.3, 0.4) is 0 Å². The van der Waals surface area contributed by atoms with Gasteiger partial charge < -0.3 is 9.47 Å². The molecule has 9 aromatic rings. The van der Waals surface area contributed by atoms with Crippen molar-refractivity contribution in [2.75, 3.05) is 4.90 Å². The van der Waals surface area contributed by atoms with Gasteiger partial charge in [-0.2, -0.15) is 0 Å². The van der Waals surface area contributed by atoms with Gasteiger partial charge in [-0.3, -0.25) is 0 Å². The topological polar surface area (TPSA) is 8.17 Å². The van der Waals surface area contributed by atoms with Gasteiger partial charge in [0.25, 0.3) is 0 Å². The van der Waals surface area contributed by atoms with Gasteiger partial charge in [0.1, 0.15) is 0 Å². The van der Waals surface area contributed by atoms with Crippen molar-refractivity contribution in [2.24, 2.45) is 0 Å². The average Bonchev–Trinajstić information content (AvgIpc) is 3.60. The van der Waals surface area contributed by atoms with Gasteiger partial charge in [0.05, 0.1) is 16.7 Å². The molecule has 2 aromatic heterocycles. The molecule has 0 fully saturated rings. The first-order valence-electron chi connectivity index (χ1n) is 14.6. The molecule has 202 valence electrons. The first-order valence-corrected chi connectivity index (χ1v) is 15.4. The highest BCUT2D eigenvalue weighted by Crippen LogP contribution is 2.45. The normalized spacial score (nSPS) is 11.7. The molecule has 0 spiro atoms. The zero-order chi connectivity index (χ0) is 28.3. The average molecular weight is 567 g/mol. The molecule has 0 aliphatic carbocycles. The van der Waals surface area contributed by atoms with Crippen LogP contribution in [0.2, 0.25) is 0 Å². The van der Waals surface area contributed by atoms with Gasteiger partial charge in [0.15, 0.2) is 0 Å². The van der Waals surface area contributed by atoms with E-state index in [2.05, 4.69) is 167 Å². The molecule has 43 heavy (non-hydrogen) atoms. The van der Waals surface area contributed by atoms with E-state index in [0.717, 1.165) is 22.7 Å². The van der Waals surface area contributed by atoms with E-state index in [0.29, 0.717) is 0 Å². The minimum absolute atomic E-state index is 1.13. The van der Waals surface area contributed by atoms with Crippen LogP contribution in [0.4, 0.5) is 17.1 Å². The summed E-state index contributed by atoms with van der Waals surface area (Å²) in [4.78, 5) is 2.42. The quantitative estimate of drug-likeness (QED) is 0.206. The molecule has 9 rings (SSSR count). The van der Waals surface area contributed by atoms with Crippen molar-refractivity contribution in [3.8, 4) is 5.69 Å². The number of aromatic nitrogens is 1. The second-order valence-electron chi connectivity index (χ2n) is 11.0. The van der Waals surface area contributed by atoms with Crippen molar-refractivity contribution in [1.82, 2.24) is 4.57 Å². The Bertz CT molecular complexity index is 2450. The lowest BCUT2D eigenvalue weighted by molar-refractivity contribution is 1.18. The summed E-state index contributed by atoms with van der Waals surface area (Å²) in [6, 6.07) is 57.2. The van der Waals surface area contributed by atoms with E-state index < -0.39 is 0 Å². The molecule has 0 saturated heterocycles. The Morgan fingerprint density at radius 1 is 0.442 bits per heavy atom. The van der Waals surface area contributed by atoms with Crippen LogP contribution < -0.4 is 4.90 Å². The number of para-hydroxylation sites is 3. The molecule has 2 nitrogen and oxygen atoms in total. The molecule has 0 unspecified atom stereocenters. The van der Waals surface area contributed by atoms with E-state index in [1.165, 1.54) is 52.8 Å². The van der Waals surface area contributed by atoms with Crippen LogP contribution >= 0.6 is 11.3 Å². The highest BCUT2D eigenvalue weighted by atomic mass is 32.1. The second-order valence-corrected chi connectivity index (χ2v) is 12.1. The number of fused-ring (bicyclic) bond motifs is 7. The maximum atomic E-state index is 2.42. The predicted molar refractivity (Wildman–Crippen MR) is 186 cm³/mol. The zero-order valence-corrected chi connectivity index (χ0v) is 24.1. The van der Waals surface area contributed by atoms with Gasteiger partial charge >= 0.3 is 0 Å². The Balaban J connectivity index is 1.32. The van der Waals surface area contributed by atoms with Crippen LogP contribution in [0.15, 0.2) is 158 Å². The largest absolute Gasteiger partial charge is 0.310 e. The molecular weight excluding hydrogens is 541 g/mol. The van der Waals surface area contributed by atoms with E-state index in [1.54, 1.807) is 0 Å². The molecule has 0 aliphatic rings. The molecule has 7 aromatic carbocycles. The number of thiophene rings is 1. The molecule has 0 bridgehead atoms. The summed E-state index contributed by atoms with van der Waals surface area (Å²) >= 11 is 1.87. The molecule has 0 saturated carbocycles. The van der Waals surface area contributed by atoms with Crippen molar-refractivity contribution >= 4 is 81.1 Å². The van der Waals surface area contributed by atoms with Gasteiger partial charge in [0, 0.05) is 48.0 Å². The second kappa shape index (κ2) is 9.59. The molecule has 0 aliphatic heterocycles. The van der Waals surface area contributed by atoms with Gasteiger partial charge in [0.2, 0.25) is 0 Å². The van der Waals surface area contributed by atoms with Crippen molar-refractivity contribution in [3.63, 3.8) is 0 Å². The third kappa shape index (κ3) is 3.79. The van der Waals surface area contributed by atoms with Crippen LogP contribution in [0.25, 0.3) is 58.4 Å². The lowest BCUT2D eigenvalue weighted by atomic mass is 10.0. The van der Waals surface area contributed by atoms with E-state index in [-0.39, 0.29) is 0 Å². The fourth-order valence-electron chi connectivity index (χ4n) is 6.64. The van der Waals surface area contributed by atoms with Crippen molar-refractivity contribution < 1.29 is 0 Å². The Morgan fingerprint density at radius 3 is 2.02 bits per heavy atom. The Morgan fingerprint density at radius 2 is 1.16 bits per heavy atom. The molecule has 3 heteroatoms. The summed E-state index contributed by atoms with van der Waals surface area (Å²) in [5, 5.41) is 7.65. The lowest BCUT2D eigenvalue weighted by Gasteiger charge is -2.27. The smallest absolute Gasteiger partial charge is 0.0562 e. The van der Waals surface area contributed by atoms with E-state index in [4.69, 9.17) is 0 Å². The Labute approximate surface area is 253 Å². The summed E-state index contributed by atoms with van der Waals surface area (Å²) in [5.74, 6) is 0.